The molecule has 0 spiro atoms. The van der Waals surface area contributed by atoms with E-state index in [9.17, 15) is 0 Å². The van der Waals surface area contributed by atoms with Crippen molar-refractivity contribution < 1.29 is 19.5 Å². The monoisotopic (exact) mass is 236 g/mol. The predicted octanol–water partition coefficient (Wildman–Crippen LogP) is 1.37. The summed E-state index contributed by atoms with van der Waals surface area (Å²) in [6.07, 6.45) is 1.97. The molecule has 0 amide bonds. The lowest BCUT2D eigenvalue weighted by Gasteiger charge is -2.29. The lowest BCUT2D eigenvalue weighted by molar-refractivity contribution is -1.26. The number of hydrogen-bond donors (Lipinski definition) is 0. The molecule has 0 atom stereocenters. The van der Waals surface area contributed by atoms with Crippen molar-refractivity contribution in [3.63, 3.8) is 0 Å². The fraction of sp³-hybridized carbons (Fsp3) is 1.00. The van der Waals surface area contributed by atoms with Crippen LogP contribution in [0.15, 0.2) is 0 Å². The summed E-state index contributed by atoms with van der Waals surface area (Å²) in [6.45, 7) is 5.61. The minimum absolute atomic E-state index is 0.0727. The average molecular weight is 236 g/mol. The van der Waals surface area contributed by atoms with Crippen LogP contribution in [0.25, 0.3) is 0 Å². The Hall–Kier alpha value is -0.240. The van der Waals surface area contributed by atoms with Gasteiger partial charge in [0.05, 0.1) is 6.61 Å². The van der Waals surface area contributed by atoms with Gasteiger partial charge in [0, 0.05) is 20.6 Å². The van der Waals surface area contributed by atoms with Gasteiger partial charge in [-0.3, -0.25) is 4.84 Å². The molecule has 0 aliphatic carbocycles. The molecule has 6 heteroatoms. The van der Waals surface area contributed by atoms with Gasteiger partial charge in [-0.15, -0.1) is 5.06 Å². The van der Waals surface area contributed by atoms with Gasteiger partial charge in [0.15, 0.2) is 0 Å². The quantitative estimate of drug-likeness (QED) is 0.446. The molecular weight excluding hydrogens is 210 g/mol. The first kappa shape index (κ1) is 15.8. The minimum Gasteiger partial charge on any atom is -0.270 e. The lowest BCUT2D eigenvalue weighted by atomic mass is 10.5. The molecule has 0 saturated heterocycles. The van der Waals surface area contributed by atoms with E-state index in [1.54, 1.807) is 26.2 Å². The molecule has 0 aromatic heterocycles. The molecule has 0 aromatic carbocycles. The maximum Gasteiger partial charge on any atom is 0.136 e. The molecule has 0 radical (unpaired) electrons. The Morgan fingerprint density at radius 1 is 1.00 bits per heavy atom. The molecule has 0 bridgehead atoms. The summed E-state index contributed by atoms with van der Waals surface area (Å²) in [4.78, 5) is 16.2. The third kappa shape index (κ3) is 7.98. The van der Waals surface area contributed by atoms with Crippen molar-refractivity contribution in [2.75, 3.05) is 41.3 Å². The summed E-state index contributed by atoms with van der Waals surface area (Å²) in [5.74, 6) is 0. The van der Waals surface area contributed by atoms with Gasteiger partial charge in [-0.1, -0.05) is 18.8 Å². The van der Waals surface area contributed by atoms with E-state index in [0.717, 1.165) is 19.4 Å². The molecule has 16 heavy (non-hydrogen) atoms. The van der Waals surface area contributed by atoms with Crippen LogP contribution in [0, 0.1) is 0 Å². The first-order valence-corrected chi connectivity index (χ1v) is 5.72. The molecule has 0 heterocycles. The Balaban J connectivity index is 3.92. The van der Waals surface area contributed by atoms with Crippen molar-refractivity contribution >= 4 is 0 Å². The first-order valence-electron chi connectivity index (χ1n) is 5.72. The van der Waals surface area contributed by atoms with E-state index in [2.05, 4.69) is 6.92 Å². The smallest absolute Gasteiger partial charge is 0.136 e. The Labute approximate surface area is 98.6 Å². The summed E-state index contributed by atoms with van der Waals surface area (Å²) in [6, 6.07) is 0. The molecular formula is C10H26N3O3+. The number of nitrogens with zero attached hydrogens (tertiary/aromatic N) is 3. The molecule has 0 aliphatic rings. The summed E-state index contributed by atoms with van der Waals surface area (Å²) in [5, 5.41) is 3.07. The normalized spacial score (nSPS) is 12.8. The molecule has 0 saturated carbocycles. The van der Waals surface area contributed by atoms with Crippen molar-refractivity contribution in [2.24, 2.45) is 0 Å². The van der Waals surface area contributed by atoms with Crippen LogP contribution in [0.1, 0.15) is 26.7 Å². The first-order chi connectivity index (χ1) is 7.41. The molecule has 0 unspecified atom stereocenters. The van der Waals surface area contributed by atoms with Gasteiger partial charge in [0.2, 0.25) is 0 Å². The highest BCUT2D eigenvalue weighted by molar-refractivity contribution is 4.28. The van der Waals surface area contributed by atoms with Crippen LogP contribution in [0.4, 0.5) is 0 Å². The van der Waals surface area contributed by atoms with Crippen LogP contribution < -0.4 is 0 Å². The topological polar surface area (TPSA) is 34.2 Å². The summed E-state index contributed by atoms with van der Waals surface area (Å²) >= 11 is 0. The standard InChI is InChI=1S/C10H26N3O3/c1-7-9-11(3)15-13(5,6)16-12(4)14-10-8-2/h7-10H2,1-6H3/q+1. The number of hydroxylamine groups is 8. The van der Waals surface area contributed by atoms with Gasteiger partial charge >= 0.3 is 0 Å². The molecule has 0 aromatic rings. The zero-order valence-electron chi connectivity index (χ0n) is 11.4. The zero-order chi connectivity index (χ0) is 12.6. The van der Waals surface area contributed by atoms with Crippen LogP contribution in [0.3, 0.4) is 0 Å². The van der Waals surface area contributed by atoms with Gasteiger partial charge in [0.1, 0.15) is 14.1 Å². The van der Waals surface area contributed by atoms with Crippen molar-refractivity contribution in [3.05, 3.63) is 0 Å². The fourth-order valence-electron chi connectivity index (χ4n) is 1.23. The average Bonchev–Trinajstić information content (AvgIpc) is 2.13. The van der Waals surface area contributed by atoms with E-state index < -0.39 is 0 Å². The van der Waals surface area contributed by atoms with Gasteiger partial charge in [0.25, 0.3) is 0 Å². The Kier molecular flexibility index (Phi) is 7.82. The van der Waals surface area contributed by atoms with Crippen molar-refractivity contribution in [2.45, 2.75) is 26.7 Å². The second-order valence-corrected chi connectivity index (χ2v) is 4.04. The maximum absolute atomic E-state index is 5.56. The van der Waals surface area contributed by atoms with Crippen LogP contribution >= 0.6 is 0 Å². The van der Waals surface area contributed by atoms with E-state index in [4.69, 9.17) is 14.7 Å². The van der Waals surface area contributed by atoms with Crippen molar-refractivity contribution in [1.82, 2.24) is 10.3 Å². The van der Waals surface area contributed by atoms with Gasteiger partial charge in [-0.2, -0.15) is 0 Å². The summed E-state index contributed by atoms with van der Waals surface area (Å²) in [7, 11) is 7.16. The molecule has 98 valence electrons. The largest absolute Gasteiger partial charge is 0.270 e. The van der Waals surface area contributed by atoms with Crippen molar-refractivity contribution in [1.29, 1.82) is 0 Å². The van der Waals surface area contributed by atoms with Gasteiger partial charge < -0.3 is 0 Å². The minimum atomic E-state index is -0.0727. The molecule has 0 rings (SSSR count). The zero-order valence-corrected chi connectivity index (χ0v) is 11.4. The second kappa shape index (κ2) is 7.94. The Bertz CT molecular complexity index is 179. The Morgan fingerprint density at radius 2 is 1.62 bits per heavy atom. The summed E-state index contributed by atoms with van der Waals surface area (Å²) in [5.41, 5.74) is 0. The van der Waals surface area contributed by atoms with Crippen LogP contribution in [-0.4, -0.2) is 56.4 Å². The van der Waals surface area contributed by atoms with Crippen LogP contribution in [0.2, 0.25) is 0 Å². The SMILES string of the molecule is CCCON(C)O[N+](C)(C)ON(C)CCC. The van der Waals surface area contributed by atoms with Crippen molar-refractivity contribution in [3.8, 4) is 0 Å². The fourth-order valence-corrected chi connectivity index (χ4v) is 1.23. The molecule has 0 N–H and O–H groups in total. The maximum atomic E-state index is 5.56. The highest BCUT2D eigenvalue weighted by Gasteiger charge is 2.25. The number of rotatable bonds is 9. The Morgan fingerprint density at radius 3 is 2.12 bits per heavy atom. The molecule has 0 fully saturated rings. The van der Waals surface area contributed by atoms with Gasteiger partial charge in [-0.25, -0.2) is 0 Å². The lowest BCUT2D eigenvalue weighted by Crippen LogP contribution is -2.48. The van der Waals surface area contributed by atoms with Gasteiger partial charge in [-0.05, 0) is 27.8 Å². The van der Waals surface area contributed by atoms with E-state index in [1.807, 2.05) is 14.0 Å². The van der Waals surface area contributed by atoms with E-state index in [-0.39, 0.29) is 4.81 Å². The third-order valence-electron chi connectivity index (χ3n) is 1.66. The van der Waals surface area contributed by atoms with E-state index in [1.165, 1.54) is 5.23 Å². The number of quaternary nitrogens is 1. The van der Waals surface area contributed by atoms with E-state index in [0.29, 0.717) is 6.61 Å². The van der Waals surface area contributed by atoms with Crippen LogP contribution in [-0.2, 0) is 14.7 Å². The highest BCUT2D eigenvalue weighted by atomic mass is 17.2. The highest BCUT2D eigenvalue weighted by Crippen LogP contribution is 2.06. The van der Waals surface area contributed by atoms with E-state index >= 15 is 0 Å². The molecule has 6 nitrogen and oxygen atoms in total. The second-order valence-electron chi connectivity index (χ2n) is 4.04. The third-order valence-corrected chi connectivity index (χ3v) is 1.66. The number of hydrogen-bond acceptors (Lipinski definition) is 5. The summed E-state index contributed by atoms with van der Waals surface area (Å²) < 4.78 is 0. The molecule has 0 aliphatic heterocycles. The van der Waals surface area contributed by atoms with Crippen LogP contribution in [0.5, 0.6) is 0 Å². The predicted molar refractivity (Wildman–Crippen MR) is 61.2 cm³/mol.